The molecule has 1 aromatic rings. The van der Waals surface area contributed by atoms with Crippen molar-refractivity contribution in [2.75, 3.05) is 0 Å². The van der Waals surface area contributed by atoms with Gasteiger partial charge in [0.1, 0.15) is 6.29 Å². The molecule has 80 valence electrons. The van der Waals surface area contributed by atoms with Crippen molar-refractivity contribution in [2.24, 2.45) is 0 Å². The molecule has 0 saturated heterocycles. The Labute approximate surface area is 84.9 Å². The van der Waals surface area contributed by atoms with Gasteiger partial charge in [0.2, 0.25) is 0 Å². The van der Waals surface area contributed by atoms with E-state index in [2.05, 4.69) is 0 Å². The van der Waals surface area contributed by atoms with Gasteiger partial charge < -0.3 is 4.79 Å². The van der Waals surface area contributed by atoms with Crippen LogP contribution in [-0.2, 0) is 16.4 Å². The van der Waals surface area contributed by atoms with Crippen molar-refractivity contribution in [3.8, 4) is 0 Å². The van der Waals surface area contributed by atoms with E-state index < -0.39 is 17.2 Å². The summed E-state index contributed by atoms with van der Waals surface area (Å²) in [4.78, 5) is 10.8. The van der Waals surface area contributed by atoms with Gasteiger partial charge in [0.05, 0.1) is 11.0 Å². The van der Waals surface area contributed by atoms with E-state index in [1.165, 1.54) is 18.2 Å². The number of carbonyl (C=O) groups excluding carboxylic acids is 1. The zero-order valence-electron chi connectivity index (χ0n) is 7.84. The number of rotatable bonds is 2. The fraction of sp³-hybridized carbons (Fsp3) is 0.364. The Morgan fingerprint density at radius 2 is 1.80 bits per heavy atom. The monoisotopic (exact) mass is 214 g/mol. The molecule has 0 amide bonds. The number of benzene rings is 1. The van der Waals surface area contributed by atoms with Gasteiger partial charge in [0.25, 0.3) is 0 Å². The first-order valence-corrected chi connectivity index (χ1v) is 4.63. The molecule has 4 heteroatoms. The lowest BCUT2D eigenvalue weighted by Crippen LogP contribution is -2.17. The summed E-state index contributed by atoms with van der Waals surface area (Å²) in [5, 5.41) is 0. The summed E-state index contributed by atoms with van der Waals surface area (Å²) in [6, 6.07) is 5.30. The molecule has 0 aromatic heterocycles. The maximum absolute atomic E-state index is 12.6. The van der Waals surface area contributed by atoms with Gasteiger partial charge in [0, 0.05) is 0 Å². The number of aldehydes is 1. The summed E-state index contributed by atoms with van der Waals surface area (Å²) in [7, 11) is 0. The molecule has 0 radical (unpaired) electrons. The smallest absolute Gasteiger partial charge is 0.302 e. The molecule has 0 spiro atoms. The summed E-state index contributed by atoms with van der Waals surface area (Å²) >= 11 is 0. The number of hydrogen-bond donors (Lipinski definition) is 0. The molecule has 1 saturated carbocycles. The van der Waals surface area contributed by atoms with Crippen LogP contribution in [0.25, 0.3) is 0 Å². The van der Waals surface area contributed by atoms with E-state index in [4.69, 9.17) is 0 Å². The van der Waals surface area contributed by atoms with Crippen molar-refractivity contribution >= 4 is 6.29 Å². The Kier molecular flexibility index (Phi) is 2.10. The van der Waals surface area contributed by atoms with Crippen LogP contribution in [0.15, 0.2) is 24.3 Å². The van der Waals surface area contributed by atoms with Gasteiger partial charge in [-0.25, -0.2) is 0 Å². The second-order valence-electron chi connectivity index (χ2n) is 3.82. The van der Waals surface area contributed by atoms with Crippen LogP contribution in [0.2, 0.25) is 0 Å². The minimum Gasteiger partial charge on any atom is -0.302 e. The minimum atomic E-state index is -4.38. The van der Waals surface area contributed by atoms with Crippen LogP contribution in [0.4, 0.5) is 13.2 Å². The fourth-order valence-electron chi connectivity index (χ4n) is 1.75. The highest BCUT2D eigenvalue weighted by molar-refractivity contribution is 5.74. The molecule has 1 fully saturated rings. The lowest BCUT2D eigenvalue weighted by molar-refractivity contribution is -0.138. The second kappa shape index (κ2) is 3.08. The third-order valence-electron chi connectivity index (χ3n) is 2.78. The molecule has 0 aliphatic heterocycles. The maximum Gasteiger partial charge on any atom is 0.416 e. The maximum atomic E-state index is 12.6. The Balaban J connectivity index is 2.52. The molecular formula is C11H9F3O. The molecule has 0 atom stereocenters. The number of carbonyl (C=O) groups is 1. The number of alkyl halides is 3. The van der Waals surface area contributed by atoms with Gasteiger partial charge in [-0.05, 0) is 24.5 Å². The molecule has 1 aromatic carbocycles. The van der Waals surface area contributed by atoms with E-state index in [0.717, 1.165) is 6.07 Å². The molecule has 1 aliphatic rings. The Hall–Kier alpha value is -1.32. The topological polar surface area (TPSA) is 17.1 Å². The van der Waals surface area contributed by atoms with Crippen LogP contribution in [0.1, 0.15) is 24.0 Å². The first-order valence-electron chi connectivity index (χ1n) is 4.63. The summed E-state index contributed by atoms with van der Waals surface area (Å²) in [5.74, 6) is 0. The zero-order chi connectivity index (χ0) is 11.1. The largest absolute Gasteiger partial charge is 0.416 e. The number of hydrogen-bond acceptors (Lipinski definition) is 1. The Bertz CT molecular complexity index is 391. The summed E-state index contributed by atoms with van der Waals surface area (Å²) in [6.07, 6.45) is -2.71. The molecule has 1 nitrogen and oxygen atoms in total. The second-order valence-corrected chi connectivity index (χ2v) is 3.82. The average Bonchev–Trinajstić information content (AvgIpc) is 2.97. The predicted octanol–water partition coefficient (Wildman–Crippen LogP) is 2.94. The van der Waals surface area contributed by atoms with Crippen molar-refractivity contribution in [3.05, 3.63) is 35.4 Å². The predicted molar refractivity (Wildman–Crippen MR) is 48.4 cm³/mol. The number of halogens is 3. The normalized spacial score (nSPS) is 18.6. The molecular weight excluding hydrogens is 205 g/mol. The van der Waals surface area contributed by atoms with Crippen LogP contribution in [-0.4, -0.2) is 6.29 Å². The van der Waals surface area contributed by atoms with E-state index in [0.29, 0.717) is 19.1 Å². The van der Waals surface area contributed by atoms with E-state index in [1.807, 2.05) is 0 Å². The van der Waals surface area contributed by atoms with Crippen LogP contribution in [0, 0.1) is 0 Å². The SMILES string of the molecule is O=CC1(c2ccccc2C(F)(F)F)CC1. The van der Waals surface area contributed by atoms with Crippen molar-refractivity contribution in [1.29, 1.82) is 0 Å². The lowest BCUT2D eigenvalue weighted by atomic mass is 9.92. The molecule has 0 bridgehead atoms. The van der Waals surface area contributed by atoms with Gasteiger partial charge in [-0.1, -0.05) is 18.2 Å². The highest BCUT2D eigenvalue weighted by Crippen LogP contribution is 2.50. The highest BCUT2D eigenvalue weighted by Gasteiger charge is 2.49. The third kappa shape index (κ3) is 1.64. The molecule has 0 heterocycles. The van der Waals surface area contributed by atoms with Gasteiger partial charge in [-0.2, -0.15) is 13.2 Å². The van der Waals surface area contributed by atoms with Gasteiger partial charge >= 0.3 is 6.18 Å². The van der Waals surface area contributed by atoms with Crippen LogP contribution in [0.5, 0.6) is 0 Å². The zero-order valence-corrected chi connectivity index (χ0v) is 7.84. The molecule has 15 heavy (non-hydrogen) atoms. The summed E-state index contributed by atoms with van der Waals surface area (Å²) in [5.41, 5.74) is -1.44. The molecule has 0 unspecified atom stereocenters. The van der Waals surface area contributed by atoms with E-state index in [-0.39, 0.29) is 5.56 Å². The molecule has 0 N–H and O–H groups in total. The van der Waals surface area contributed by atoms with E-state index in [1.54, 1.807) is 0 Å². The Morgan fingerprint density at radius 1 is 1.20 bits per heavy atom. The molecule has 1 aliphatic carbocycles. The molecule has 2 rings (SSSR count). The van der Waals surface area contributed by atoms with Crippen LogP contribution in [0.3, 0.4) is 0 Å². The third-order valence-corrected chi connectivity index (χ3v) is 2.78. The van der Waals surface area contributed by atoms with Crippen molar-refractivity contribution in [3.63, 3.8) is 0 Å². The minimum absolute atomic E-state index is 0.118. The standard InChI is InChI=1S/C11H9F3O/c12-11(13,14)9-4-2-1-3-8(9)10(7-15)5-6-10/h1-4,7H,5-6H2. The summed E-state index contributed by atoms with van der Waals surface area (Å²) < 4.78 is 37.9. The highest BCUT2D eigenvalue weighted by atomic mass is 19.4. The average molecular weight is 214 g/mol. The first kappa shape index (κ1) is 10.2. The van der Waals surface area contributed by atoms with Crippen molar-refractivity contribution in [2.45, 2.75) is 24.4 Å². The Morgan fingerprint density at radius 3 is 2.27 bits per heavy atom. The van der Waals surface area contributed by atoms with E-state index in [9.17, 15) is 18.0 Å². The van der Waals surface area contributed by atoms with E-state index >= 15 is 0 Å². The quantitative estimate of drug-likeness (QED) is 0.692. The van der Waals surface area contributed by atoms with Crippen molar-refractivity contribution in [1.82, 2.24) is 0 Å². The van der Waals surface area contributed by atoms with Crippen LogP contribution < -0.4 is 0 Å². The van der Waals surface area contributed by atoms with Crippen LogP contribution >= 0.6 is 0 Å². The van der Waals surface area contributed by atoms with Gasteiger partial charge in [-0.3, -0.25) is 0 Å². The van der Waals surface area contributed by atoms with Gasteiger partial charge in [0.15, 0.2) is 0 Å². The first-order chi connectivity index (χ1) is 6.99. The van der Waals surface area contributed by atoms with Gasteiger partial charge in [-0.15, -0.1) is 0 Å². The summed E-state index contributed by atoms with van der Waals surface area (Å²) in [6.45, 7) is 0. The van der Waals surface area contributed by atoms with Crippen molar-refractivity contribution < 1.29 is 18.0 Å². The lowest BCUT2D eigenvalue weighted by Gasteiger charge is -2.16. The fourth-order valence-corrected chi connectivity index (χ4v) is 1.75.